The molecule has 46 heavy (non-hydrogen) atoms. The Morgan fingerprint density at radius 2 is 1.89 bits per heavy atom. The lowest BCUT2D eigenvalue weighted by Crippen LogP contribution is -2.39. The predicted molar refractivity (Wildman–Crippen MR) is 167 cm³/mol. The number of fused-ring (bicyclic) bond motifs is 1. The predicted octanol–water partition coefficient (Wildman–Crippen LogP) is -0.0360. The van der Waals surface area contributed by atoms with Gasteiger partial charge in [0.2, 0.25) is 11.8 Å². The van der Waals surface area contributed by atoms with Crippen molar-refractivity contribution in [3.05, 3.63) is 38.7 Å². The summed E-state index contributed by atoms with van der Waals surface area (Å²) in [6, 6.07) is -0.0920. The summed E-state index contributed by atoms with van der Waals surface area (Å²) in [6.45, 7) is 0.652. The van der Waals surface area contributed by atoms with Crippen molar-refractivity contribution in [1.29, 1.82) is 0 Å². The smallest absolute Gasteiger partial charge is 0.378 e. The van der Waals surface area contributed by atoms with Crippen LogP contribution in [0.25, 0.3) is 6.08 Å². The Morgan fingerprint density at radius 1 is 1.15 bits per heavy atom. The van der Waals surface area contributed by atoms with Crippen molar-refractivity contribution < 1.29 is 42.4 Å². The molecule has 0 bridgehead atoms. The molecule has 3 fully saturated rings. The molecule has 0 aromatic carbocycles. The second kappa shape index (κ2) is 16.7. The molecule has 0 spiro atoms. The van der Waals surface area contributed by atoms with Gasteiger partial charge in [0.05, 0.1) is 30.4 Å². The summed E-state index contributed by atoms with van der Waals surface area (Å²) >= 11 is 1.69. The zero-order valence-corrected chi connectivity index (χ0v) is 27.3. The van der Waals surface area contributed by atoms with Crippen LogP contribution in [0.1, 0.15) is 50.3 Å². The molecule has 4 heterocycles. The van der Waals surface area contributed by atoms with Gasteiger partial charge in [0, 0.05) is 63.4 Å². The standard InChI is InChI=1S/C27H41N6O11PS/c1-41-18-11-23(44-19(18)14-43-45(39,40)42-2)33-13-16(25(36)32-27(33)38)7-8-21(34)28-9-5-3-4-6-10-29-22(35)12-20-24-17(15-46-20)30-26(37)31-24/h7-8,13,17-20,23-24H,3-6,9-12,14-15H2,1-2H3,(H,28,34)(H,29,35)(H,39,40)(H2,30,31,37)(H,32,36,38). The van der Waals surface area contributed by atoms with E-state index in [9.17, 15) is 33.4 Å². The number of phosphoric acid groups is 1. The molecule has 7 unspecified atom stereocenters. The molecule has 3 aliphatic rings. The third-order valence-corrected chi connectivity index (χ3v) is 10.3. The van der Waals surface area contributed by atoms with Crippen molar-refractivity contribution >= 4 is 43.5 Å². The van der Waals surface area contributed by atoms with E-state index in [4.69, 9.17) is 14.0 Å². The average Bonchev–Trinajstić information content (AvgIpc) is 3.71. The Morgan fingerprint density at radius 3 is 2.61 bits per heavy atom. The SMILES string of the molecule is COC1CC(n2cc(C=CC(=O)NCCCCCCNC(=O)CC3SCC4NC(=O)NC43)c(=O)[nH]c2=O)OC1COP(=O)(O)OC. The molecule has 0 saturated carbocycles. The second-order valence-electron chi connectivity index (χ2n) is 11.1. The van der Waals surface area contributed by atoms with Crippen LogP contribution < -0.4 is 32.5 Å². The van der Waals surface area contributed by atoms with Crippen molar-refractivity contribution in [3.8, 4) is 0 Å². The van der Waals surface area contributed by atoms with Crippen molar-refractivity contribution in [2.24, 2.45) is 0 Å². The molecule has 0 radical (unpaired) electrons. The third kappa shape index (κ3) is 10.0. The van der Waals surface area contributed by atoms with E-state index in [2.05, 4.69) is 30.8 Å². The number of nitrogens with one attached hydrogen (secondary N) is 5. The number of carbonyl (C=O) groups is 3. The molecule has 6 N–H and O–H groups in total. The molecule has 17 nitrogen and oxygen atoms in total. The Kier molecular flexibility index (Phi) is 13.0. The highest BCUT2D eigenvalue weighted by atomic mass is 32.2. The minimum atomic E-state index is -4.25. The summed E-state index contributed by atoms with van der Waals surface area (Å²) in [6.07, 6.45) is 5.33. The summed E-state index contributed by atoms with van der Waals surface area (Å²) in [5.41, 5.74) is -1.38. The molecular weight excluding hydrogens is 647 g/mol. The van der Waals surface area contributed by atoms with Crippen molar-refractivity contribution in [2.75, 3.05) is 39.7 Å². The van der Waals surface area contributed by atoms with Gasteiger partial charge in [-0.2, -0.15) is 11.8 Å². The fourth-order valence-electron chi connectivity index (χ4n) is 5.41. The molecule has 0 aliphatic carbocycles. The van der Waals surface area contributed by atoms with Crippen LogP contribution in [0.15, 0.2) is 21.9 Å². The van der Waals surface area contributed by atoms with Gasteiger partial charge >= 0.3 is 19.5 Å². The third-order valence-electron chi connectivity index (χ3n) is 7.89. The quantitative estimate of drug-likeness (QED) is 0.0549. The van der Waals surface area contributed by atoms with E-state index in [1.807, 2.05) is 0 Å². The Labute approximate surface area is 269 Å². The van der Waals surface area contributed by atoms with Crippen LogP contribution in [-0.2, 0) is 32.7 Å². The van der Waals surface area contributed by atoms with E-state index in [0.29, 0.717) is 19.5 Å². The van der Waals surface area contributed by atoms with E-state index < -0.39 is 43.4 Å². The van der Waals surface area contributed by atoms with Gasteiger partial charge < -0.3 is 35.6 Å². The number of thioether (sulfide) groups is 1. The maximum absolute atomic E-state index is 12.5. The van der Waals surface area contributed by atoms with Gasteiger partial charge in [-0.15, -0.1) is 0 Å². The highest BCUT2D eigenvalue weighted by Crippen LogP contribution is 2.43. The summed E-state index contributed by atoms with van der Waals surface area (Å²) in [5, 5.41) is 11.5. The van der Waals surface area contributed by atoms with E-state index >= 15 is 0 Å². The molecule has 1 aromatic heterocycles. The highest BCUT2D eigenvalue weighted by molar-refractivity contribution is 8.00. The summed E-state index contributed by atoms with van der Waals surface area (Å²) < 4.78 is 33.2. The largest absolute Gasteiger partial charge is 0.472 e. The normalized spacial score (nSPS) is 26.8. The summed E-state index contributed by atoms with van der Waals surface area (Å²) in [5.74, 6) is 0.365. The number of phosphoric ester groups is 1. The van der Waals surface area contributed by atoms with Crippen LogP contribution >= 0.6 is 19.6 Å². The lowest BCUT2D eigenvalue weighted by molar-refractivity contribution is -0.121. The maximum Gasteiger partial charge on any atom is 0.472 e. The minimum absolute atomic E-state index is 0.00609. The molecule has 4 rings (SSSR count). The van der Waals surface area contributed by atoms with Crippen molar-refractivity contribution in [2.45, 2.75) is 74.3 Å². The number of carbonyl (C=O) groups excluding carboxylic acids is 3. The zero-order valence-electron chi connectivity index (χ0n) is 25.6. The molecule has 19 heteroatoms. The number of nitrogens with zero attached hydrogens (tertiary/aromatic N) is 1. The number of methoxy groups -OCH3 is 1. The minimum Gasteiger partial charge on any atom is -0.378 e. The molecule has 7 atom stereocenters. The lowest BCUT2D eigenvalue weighted by Gasteiger charge is -2.18. The van der Waals surface area contributed by atoms with Crippen molar-refractivity contribution in [1.82, 2.24) is 30.8 Å². The molecule has 256 valence electrons. The first-order valence-corrected chi connectivity index (χ1v) is 17.5. The van der Waals surface area contributed by atoms with Crippen LogP contribution in [0, 0.1) is 0 Å². The number of rotatable bonds is 17. The monoisotopic (exact) mass is 688 g/mol. The first kappa shape index (κ1) is 35.9. The first-order valence-electron chi connectivity index (χ1n) is 15.0. The number of unbranched alkanes of at least 4 members (excludes halogenated alkanes) is 3. The van der Waals surface area contributed by atoms with Gasteiger partial charge in [0.1, 0.15) is 12.3 Å². The van der Waals surface area contributed by atoms with Gasteiger partial charge in [-0.1, -0.05) is 12.8 Å². The van der Waals surface area contributed by atoms with Gasteiger partial charge in [0.25, 0.3) is 5.56 Å². The lowest BCUT2D eigenvalue weighted by atomic mass is 10.1. The molecule has 3 saturated heterocycles. The van der Waals surface area contributed by atoms with Crippen molar-refractivity contribution in [3.63, 3.8) is 0 Å². The average molecular weight is 689 g/mol. The maximum atomic E-state index is 12.5. The van der Waals surface area contributed by atoms with E-state index in [-0.39, 0.29) is 47.9 Å². The first-order chi connectivity index (χ1) is 22.0. The summed E-state index contributed by atoms with van der Waals surface area (Å²) in [7, 11) is -1.80. The van der Waals surface area contributed by atoms with Crippen LogP contribution in [0.3, 0.4) is 0 Å². The molecular formula is C27H41N6O11PS. The molecule has 1 aromatic rings. The Bertz CT molecular complexity index is 1440. The fraction of sp³-hybridized carbons (Fsp3) is 0.667. The van der Waals surface area contributed by atoms with Gasteiger partial charge in [0.15, 0.2) is 0 Å². The van der Waals surface area contributed by atoms with Crippen LogP contribution in [0.4, 0.5) is 4.79 Å². The molecule has 3 aliphatic heterocycles. The van der Waals surface area contributed by atoms with Gasteiger partial charge in [-0.3, -0.25) is 33.0 Å². The topological polar surface area (TPSA) is 228 Å². The summed E-state index contributed by atoms with van der Waals surface area (Å²) in [4.78, 5) is 72.6. The Balaban J connectivity index is 1.14. The van der Waals surface area contributed by atoms with Crippen LogP contribution in [-0.4, -0.2) is 102 Å². The fourth-order valence-corrected chi connectivity index (χ4v) is 7.33. The number of amides is 4. The number of hydrogen-bond donors (Lipinski definition) is 6. The number of aromatic amines is 1. The molecule has 4 amide bonds. The van der Waals surface area contributed by atoms with E-state index in [1.165, 1.54) is 25.5 Å². The number of ether oxygens (including phenoxy) is 2. The van der Waals surface area contributed by atoms with E-state index in [1.54, 1.807) is 11.8 Å². The van der Waals surface area contributed by atoms with Crippen LogP contribution in [0.2, 0.25) is 0 Å². The van der Waals surface area contributed by atoms with E-state index in [0.717, 1.165) is 43.1 Å². The van der Waals surface area contributed by atoms with Gasteiger partial charge in [-0.05, 0) is 18.9 Å². The number of aromatic nitrogens is 2. The number of urea groups is 1. The Hall–Kier alpha value is -2.99. The zero-order chi connectivity index (χ0) is 33.3. The number of H-pyrrole nitrogens is 1. The van der Waals surface area contributed by atoms with Crippen LogP contribution in [0.5, 0.6) is 0 Å². The second-order valence-corrected chi connectivity index (χ2v) is 13.9. The van der Waals surface area contributed by atoms with Gasteiger partial charge in [-0.25, -0.2) is 14.2 Å². The number of hydrogen-bond acceptors (Lipinski definition) is 11. The highest BCUT2D eigenvalue weighted by Gasteiger charge is 2.43.